The van der Waals surface area contributed by atoms with Gasteiger partial charge in [0, 0.05) is 34.5 Å². The maximum atomic E-state index is 5.74. The molecule has 0 bridgehead atoms. The molecule has 1 aliphatic heterocycles. The molecule has 2 atom stereocenters. The first-order valence-electron chi connectivity index (χ1n) is 11.2. The van der Waals surface area contributed by atoms with Crippen LogP contribution in [0.25, 0.3) is 0 Å². The zero-order chi connectivity index (χ0) is 21.7. The summed E-state index contributed by atoms with van der Waals surface area (Å²) in [6.45, 7) is 15.4. The molecule has 0 aromatic heterocycles. The smallest absolute Gasteiger partial charge is 0.106 e. The van der Waals surface area contributed by atoms with Crippen molar-refractivity contribution in [2.45, 2.75) is 56.9 Å². The molecule has 1 N–H and O–H groups in total. The SMILES string of the molecule is CCC(C)CNC(=S)c1ccc2c(c1)N(C(C)CN(CC)CC)c1ccccc1S2. The van der Waals surface area contributed by atoms with Crippen molar-refractivity contribution < 1.29 is 0 Å². The molecule has 0 saturated heterocycles. The summed E-state index contributed by atoms with van der Waals surface area (Å²) in [6.07, 6.45) is 1.16. The van der Waals surface area contributed by atoms with Crippen LogP contribution < -0.4 is 10.2 Å². The van der Waals surface area contributed by atoms with Gasteiger partial charge in [-0.1, -0.05) is 76.3 Å². The summed E-state index contributed by atoms with van der Waals surface area (Å²) in [5.74, 6) is 0.619. The van der Waals surface area contributed by atoms with E-state index in [1.54, 1.807) is 0 Å². The van der Waals surface area contributed by atoms with Gasteiger partial charge in [-0.25, -0.2) is 0 Å². The van der Waals surface area contributed by atoms with Gasteiger partial charge in [-0.05, 0) is 50.2 Å². The first-order valence-corrected chi connectivity index (χ1v) is 12.4. The Balaban J connectivity index is 1.94. The van der Waals surface area contributed by atoms with Gasteiger partial charge < -0.3 is 15.1 Å². The lowest BCUT2D eigenvalue weighted by Crippen LogP contribution is -2.41. The number of rotatable bonds is 9. The minimum absolute atomic E-state index is 0.364. The van der Waals surface area contributed by atoms with Gasteiger partial charge in [0.2, 0.25) is 0 Å². The average molecular weight is 442 g/mol. The molecule has 2 aromatic carbocycles. The molecule has 0 radical (unpaired) electrons. The summed E-state index contributed by atoms with van der Waals surface area (Å²) in [4.78, 5) is 8.48. The third-order valence-electron chi connectivity index (χ3n) is 5.99. The van der Waals surface area contributed by atoms with Gasteiger partial charge in [0.05, 0.1) is 11.4 Å². The van der Waals surface area contributed by atoms with Crippen LogP contribution in [0.15, 0.2) is 52.3 Å². The van der Waals surface area contributed by atoms with Crippen LogP contribution in [0.4, 0.5) is 11.4 Å². The topological polar surface area (TPSA) is 18.5 Å². The second kappa shape index (κ2) is 10.7. The van der Waals surface area contributed by atoms with E-state index in [2.05, 4.69) is 92.2 Å². The number of hydrogen-bond donors (Lipinski definition) is 1. The average Bonchev–Trinajstić information content (AvgIpc) is 2.78. The number of anilines is 2. The maximum Gasteiger partial charge on any atom is 0.106 e. The summed E-state index contributed by atoms with van der Waals surface area (Å²) in [6, 6.07) is 15.8. The zero-order valence-electron chi connectivity index (χ0n) is 18.9. The van der Waals surface area contributed by atoms with Crippen LogP contribution in [0.1, 0.15) is 46.6 Å². The molecule has 0 spiro atoms. The Bertz CT molecular complexity index is 863. The van der Waals surface area contributed by atoms with Crippen molar-refractivity contribution in [1.29, 1.82) is 0 Å². The number of likely N-dealkylation sites (N-methyl/N-ethyl adjacent to an activating group) is 1. The Labute approximate surface area is 192 Å². The van der Waals surface area contributed by atoms with Gasteiger partial charge >= 0.3 is 0 Å². The van der Waals surface area contributed by atoms with Crippen LogP contribution in [0.3, 0.4) is 0 Å². The van der Waals surface area contributed by atoms with Gasteiger partial charge in [-0.2, -0.15) is 0 Å². The van der Waals surface area contributed by atoms with Gasteiger partial charge in [0.25, 0.3) is 0 Å². The second-order valence-electron chi connectivity index (χ2n) is 8.18. The van der Waals surface area contributed by atoms with E-state index in [9.17, 15) is 0 Å². The largest absolute Gasteiger partial charge is 0.376 e. The quantitative estimate of drug-likeness (QED) is 0.457. The van der Waals surface area contributed by atoms with Gasteiger partial charge in [0.1, 0.15) is 4.99 Å². The molecule has 0 saturated carbocycles. The molecule has 3 rings (SSSR count). The van der Waals surface area contributed by atoms with E-state index in [1.165, 1.54) is 21.2 Å². The lowest BCUT2D eigenvalue weighted by Gasteiger charge is -2.39. The summed E-state index contributed by atoms with van der Waals surface area (Å²) in [7, 11) is 0. The highest BCUT2D eigenvalue weighted by Crippen LogP contribution is 2.49. The molecular formula is C25H35N3S2. The van der Waals surface area contributed by atoms with Crippen LogP contribution in [-0.4, -0.2) is 42.1 Å². The highest BCUT2D eigenvalue weighted by atomic mass is 32.2. The number of hydrogen-bond acceptors (Lipinski definition) is 4. The molecule has 1 heterocycles. The molecule has 162 valence electrons. The van der Waals surface area contributed by atoms with E-state index in [0.29, 0.717) is 12.0 Å². The maximum absolute atomic E-state index is 5.74. The Morgan fingerprint density at radius 1 is 1.03 bits per heavy atom. The van der Waals surface area contributed by atoms with E-state index in [0.717, 1.165) is 43.2 Å². The number of thiocarbonyl (C=S) groups is 1. The molecular weight excluding hydrogens is 406 g/mol. The minimum atomic E-state index is 0.364. The molecule has 5 heteroatoms. The van der Waals surface area contributed by atoms with Gasteiger partial charge in [-0.15, -0.1) is 0 Å². The lowest BCUT2D eigenvalue weighted by molar-refractivity contribution is 0.288. The fraction of sp³-hybridized carbons (Fsp3) is 0.480. The van der Waals surface area contributed by atoms with Crippen LogP contribution in [-0.2, 0) is 0 Å². The van der Waals surface area contributed by atoms with Crippen LogP contribution in [0.2, 0.25) is 0 Å². The number of nitrogens with one attached hydrogen (secondary N) is 1. The van der Waals surface area contributed by atoms with Crippen molar-refractivity contribution >= 4 is 40.3 Å². The number of nitrogens with zero attached hydrogens (tertiary/aromatic N) is 2. The Kier molecular flexibility index (Phi) is 8.20. The van der Waals surface area contributed by atoms with Crippen molar-refractivity contribution in [2.75, 3.05) is 31.1 Å². The van der Waals surface area contributed by atoms with Crippen molar-refractivity contribution in [3.8, 4) is 0 Å². The van der Waals surface area contributed by atoms with Crippen LogP contribution >= 0.6 is 24.0 Å². The molecule has 0 amide bonds. The molecule has 2 unspecified atom stereocenters. The third-order valence-corrected chi connectivity index (χ3v) is 7.50. The van der Waals surface area contributed by atoms with Crippen molar-refractivity contribution in [3.63, 3.8) is 0 Å². The van der Waals surface area contributed by atoms with Gasteiger partial charge in [0.15, 0.2) is 0 Å². The summed E-state index contributed by atoms with van der Waals surface area (Å²) in [5, 5.41) is 3.47. The van der Waals surface area contributed by atoms with Gasteiger partial charge in [-0.3, -0.25) is 0 Å². The minimum Gasteiger partial charge on any atom is -0.376 e. The highest BCUT2D eigenvalue weighted by Gasteiger charge is 2.28. The van der Waals surface area contributed by atoms with Crippen molar-refractivity contribution in [3.05, 3.63) is 48.0 Å². The van der Waals surface area contributed by atoms with E-state index in [1.807, 2.05) is 11.8 Å². The van der Waals surface area contributed by atoms with E-state index < -0.39 is 0 Å². The van der Waals surface area contributed by atoms with E-state index in [4.69, 9.17) is 12.2 Å². The molecule has 1 aliphatic rings. The lowest BCUT2D eigenvalue weighted by atomic mass is 10.1. The van der Waals surface area contributed by atoms with Crippen molar-refractivity contribution in [1.82, 2.24) is 10.2 Å². The Morgan fingerprint density at radius 2 is 1.73 bits per heavy atom. The van der Waals surface area contributed by atoms with Crippen molar-refractivity contribution in [2.24, 2.45) is 5.92 Å². The number of fused-ring (bicyclic) bond motifs is 2. The summed E-state index contributed by atoms with van der Waals surface area (Å²) >= 11 is 7.59. The Hall–Kier alpha value is -1.56. The van der Waals surface area contributed by atoms with Crippen LogP contribution in [0, 0.1) is 5.92 Å². The number of benzene rings is 2. The monoisotopic (exact) mass is 441 g/mol. The van der Waals surface area contributed by atoms with Crippen LogP contribution in [0.5, 0.6) is 0 Å². The Morgan fingerprint density at radius 3 is 2.43 bits per heavy atom. The highest BCUT2D eigenvalue weighted by molar-refractivity contribution is 7.99. The zero-order valence-corrected chi connectivity index (χ0v) is 20.6. The normalized spacial score (nSPS) is 14.8. The molecule has 3 nitrogen and oxygen atoms in total. The first-order chi connectivity index (χ1) is 14.5. The molecule has 2 aromatic rings. The standard InChI is InChI=1S/C25H35N3S2/c1-6-18(4)16-26-25(29)20-13-14-24-22(15-20)28(19(5)17-27(7-2)8-3)21-11-9-10-12-23(21)30-24/h9-15,18-19H,6-8,16-17H2,1-5H3,(H,26,29). The molecule has 30 heavy (non-hydrogen) atoms. The second-order valence-corrected chi connectivity index (χ2v) is 9.67. The predicted molar refractivity (Wildman–Crippen MR) is 136 cm³/mol. The van der Waals surface area contributed by atoms with E-state index >= 15 is 0 Å². The predicted octanol–water partition coefficient (Wildman–Crippen LogP) is 6.33. The van der Waals surface area contributed by atoms with E-state index in [-0.39, 0.29) is 0 Å². The molecule has 0 aliphatic carbocycles. The number of para-hydroxylation sites is 1. The fourth-order valence-electron chi connectivity index (χ4n) is 3.85. The molecule has 0 fully saturated rings. The summed E-state index contributed by atoms with van der Waals surface area (Å²) in [5.41, 5.74) is 3.67. The summed E-state index contributed by atoms with van der Waals surface area (Å²) < 4.78 is 0. The first kappa shape index (κ1) is 23.1. The third kappa shape index (κ3) is 5.19. The fourth-order valence-corrected chi connectivity index (χ4v) is 5.11.